The van der Waals surface area contributed by atoms with Crippen molar-refractivity contribution >= 4 is 0 Å². The maximum absolute atomic E-state index is 5.37. The highest BCUT2D eigenvalue weighted by molar-refractivity contribution is 4.79. The topological polar surface area (TPSA) is 38.0 Å². The van der Waals surface area contributed by atoms with E-state index in [1.165, 1.54) is 0 Å². The van der Waals surface area contributed by atoms with Gasteiger partial charge in [-0.2, -0.15) is 0 Å². The van der Waals surface area contributed by atoms with Gasteiger partial charge in [0.25, 0.3) is 0 Å². The van der Waals surface area contributed by atoms with Crippen molar-refractivity contribution in [3.63, 3.8) is 0 Å². The molecule has 0 bridgehead atoms. The third kappa shape index (κ3) is 1.14. The van der Waals surface area contributed by atoms with Crippen LogP contribution in [0, 0.1) is 12.5 Å². The second kappa shape index (κ2) is 2.28. The molecule has 1 rings (SSSR count). The molecule has 1 aliphatic rings. The first-order chi connectivity index (χ1) is 3.43. The molecule has 1 atom stereocenters. The molecule has 1 saturated heterocycles. The fourth-order valence-corrected chi connectivity index (χ4v) is 0.763. The van der Waals surface area contributed by atoms with E-state index in [0.29, 0.717) is 5.92 Å². The van der Waals surface area contributed by atoms with Crippen molar-refractivity contribution < 1.29 is 0 Å². The molecule has 2 heteroatoms. The highest BCUT2D eigenvalue weighted by Gasteiger charge is 2.11. The van der Waals surface area contributed by atoms with Gasteiger partial charge in [0.05, 0.1) is 0 Å². The van der Waals surface area contributed by atoms with Crippen LogP contribution < -0.4 is 11.1 Å². The number of hydrogen-bond acceptors (Lipinski definition) is 2. The molecule has 1 fully saturated rings. The van der Waals surface area contributed by atoms with Gasteiger partial charge >= 0.3 is 0 Å². The van der Waals surface area contributed by atoms with Crippen molar-refractivity contribution in [2.45, 2.75) is 6.42 Å². The number of hydrogen-bond donors (Lipinski definition) is 2. The Morgan fingerprint density at radius 3 is 3.00 bits per heavy atom. The monoisotopic (exact) mass is 99.1 g/mol. The van der Waals surface area contributed by atoms with E-state index < -0.39 is 0 Å². The van der Waals surface area contributed by atoms with Gasteiger partial charge in [-0.15, -0.1) is 0 Å². The normalized spacial score (nSPS) is 31.3. The minimum atomic E-state index is 0.708. The van der Waals surface area contributed by atoms with E-state index in [-0.39, 0.29) is 0 Å². The molecule has 0 spiro atoms. The van der Waals surface area contributed by atoms with Crippen molar-refractivity contribution in [3.05, 3.63) is 6.54 Å². The van der Waals surface area contributed by atoms with Gasteiger partial charge in [-0.3, -0.25) is 0 Å². The standard InChI is InChI=1S/C5H11N2/c6-3-5-1-2-7-4-5/h2,5,7H,1,3-4,6H2. The molecule has 1 heterocycles. The largest absolute Gasteiger partial charge is 0.330 e. The Balaban J connectivity index is 2.14. The molecule has 0 saturated carbocycles. The molecule has 0 amide bonds. The molecule has 7 heavy (non-hydrogen) atoms. The Bertz CT molecular complexity index is 48.0. The van der Waals surface area contributed by atoms with Gasteiger partial charge in [-0.25, -0.2) is 0 Å². The molecular weight excluding hydrogens is 88.1 g/mol. The van der Waals surface area contributed by atoms with E-state index in [1.807, 2.05) is 0 Å². The molecule has 0 aliphatic carbocycles. The minimum Gasteiger partial charge on any atom is -0.330 e. The van der Waals surface area contributed by atoms with E-state index in [4.69, 9.17) is 5.73 Å². The predicted octanol–water partition coefficient (Wildman–Crippen LogP) is -0.284. The molecule has 41 valence electrons. The van der Waals surface area contributed by atoms with E-state index in [9.17, 15) is 0 Å². The number of nitrogens with two attached hydrogens (primary N) is 1. The SMILES string of the molecule is NCC1C[CH]NC1. The highest BCUT2D eigenvalue weighted by Crippen LogP contribution is 2.06. The maximum atomic E-state index is 5.37. The first-order valence-corrected chi connectivity index (χ1v) is 2.68. The molecule has 1 radical (unpaired) electrons. The van der Waals surface area contributed by atoms with E-state index >= 15 is 0 Å². The van der Waals surface area contributed by atoms with Crippen molar-refractivity contribution in [2.24, 2.45) is 11.7 Å². The summed E-state index contributed by atoms with van der Waals surface area (Å²) in [4.78, 5) is 0. The Kier molecular flexibility index (Phi) is 1.65. The van der Waals surface area contributed by atoms with Gasteiger partial charge in [0.2, 0.25) is 0 Å². The lowest BCUT2D eigenvalue weighted by atomic mass is 10.1. The van der Waals surface area contributed by atoms with Crippen molar-refractivity contribution in [3.8, 4) is 0 Å². The molecular formula is C5H11N2. The van der Waals surface area contributed by atoms with Crippen LogP contribution in [0.2, 0.25) is 0 Å². The Labute approximate surface area is 44.1 Å². The third-order valence-electron chi connectivity index (χ3n) is 1.34. The van der Waals surface area contributed by atoms with Gasteiger partial charge in [0.15, 0.2) is 0 Å². The summed E-state index contributed by atoms with van der Waals surface area (Å²) >= 11 is 0. The van der Waals surface area contributed by atoms with E-state index in [1.54, 1.807) is 0 Å². The first-order valence-electron chi connectivity index (χ1n) is 2.68. The van der Waals surface area contributed by atoms with Crippen LogP contribution in [0.3, 0.4) is 0 Å². The Morgan fingerprint density at radius 2 is 2.71 bits per heavy atom. The average Bonchev–Trinajstić information content (AvgIpc) is 2.14. The van der Waals surface area contributed by atoms with Crippen LogP contribution in [-0.4, -0.2) is 13.1 Å². The van der Waals surface area contributed by atoms with Gasteiger partial charge < -0.3 is 11.1 Å². The van der Waals surface area contributed by atoms with Crippen molar-refractivity contribution in [1.82, 2.24) is 5.32 Å². The zero-order valence-electron chi connectivity index (χ0n) is 4.35. The van der Waals surface area contributed by atoms with Crippen LogP contribution in [0.25, 0.3) is 0 Å². The van der Waals surface area contributed by atoms with E-state index in [2.05, 4.69) is 11.9 Å². The lowest BCUT2D eigenvalue weighted by molar-refractivity contribution is 0.599. The first kappa shape index (κ1) is 5.06. The number of nitrogens with one attached hydrogen (secondary N) is 1. The molecule has 1 aliphatic heterocycles. The summed E-state index contributed by atoms with van der Waals surface area (Å²) < 4.78 is 0. The van der Waals surface area contributed by atoms with Crippen LogP contribution in [0.15, 0.2) is 0 Å². The summed E-state index contributed by atoms with van der Waals surface area (Å²) in [6, 6.07) is 0. The zero-order chi connectivity index (χ0) is 5.11. The summed E-state index contributed by atoms with van der Waals surface area (Å²) in [6.07, 6.45) is 1.15. The fourth-order valence-electron chi connectivity index (χ4n) is 0.763. The fraction of sp³-hybridized carbons (Fsp3) is 0.800. The number of rotatable bonds is 1. The van der Waals surface area contributed by atoms with Gasteiger partial charge in [0.1, 0.15) is 0 Å². The lowest BCUT2D eigenvalue weighted by Gasteiger charge is -1.98. The maximum Gasteiger partial charge on any atom is 0.0225 e. The van der Waals surface area contributed by atoms with Crippen LogP contribution in [0.4, 0.5) is 0 Å². The van der Waals surface area contributed by atoms with Crippen molar-refractivity contribution in [1.29, 1.82) is 0 Å². The van der Waals surface area contributed by atoms with Crippen LogP contribution >= 0.6 is 0 Å². The van der Waals surface area contributed by atoms with Crippen molar-refractivity contribution in [2.75, 3.05) is 13.1 Å². The summed E-state index contributed by atoms with van der Waals surface area (Å²) in [5.41, 5.74) is 5.37. The summed E-state index contributed by atoms with van der Waals surface area (Å²) in [7, 11) is 0. The van der Waals surface area contributed by atoms with Crippen LogP contribution in [0.5, 0.6) is 0 Å². The van der Waals surface area contributed by atoms with E-state index in [0.717, 1.165) is 19.5 Å². The Hall–Kier alpha value is -0.0800. The molecule has 0 aromatic rings. The molecule has 0 aromatic carbocycles. The minimum absolute atomic E-state index is 0.708. The highest BCUT2D eigenvalue weighted by atomic mass is 14.9. The predicted molar refractivity (Wildman–Crippen MR) is 29.5 cm³/mol. The molecule has 0 aromatic heterocycles. The van der Waals surface area contributed by atoms with Crippen LogP contribution in [-0.2, 0) is 0 Å². The average molecular weight is 99.2 g/mol. The quantitative estimate of drug-likeness (QED) is 0.474. The second-order valence-corrected chi connectivity index (χ2v) is 1.95. The third-order valence-corrected chi connectivity index (χ3v) is 1.34. The summed E-state index contributed by atoms with van der Waals surface area (Å²) in [5, 5.41) is 3.12. The van der Waals surface area contributed by atoms with Gasteiger partial charge in [-0.05, 0) is 25.4 Å². The summed E-state index contributed by atoms with van der Waals surface area (Å²) in [5.74, 6) is 0.708. The molecule has 3 N–H and O–H groups in total. The molecule has 1 unspecified atom stereocenters. The smallest absolute Gasteiger partial charge is 0.0225 e. The van der Waals surface area contributed by atoms with Crippen LogP contribution in [0.1, 0.15) is 6.42 Å². The lowest BCUT2D eigenvalue weighted by Crippen LogP contribution is -2.16. The molecule has 2 nitrogen and oxygen atoms in total. The van der Waals surface area contributed by atoms with Gasteiger partial charge in [-0.1, -0.05) is 0 Å². The second-order valence-electron chi connectivity index (χ2n) is 1.95. The summed E-state index contributed by atoms with van der Waals surface area (Å²) in [6.45, 7) is 3.98. The Morgan fingerprint density at radius 1 is 1.86 bits per heavy atom. The zero-order valence-corrected chi connectivity index (χ0v) is 4.35. The van der Waals surface area contributed by atoms with Gasteiger partial charge in [0, 0.05) is 6.54 Å².